The minimum Gasteiger partial charge on any atom is -0.370 e. The van der Waals surface area contributed by atoms with Crippen molar-refractivity contribution in [2.45, 2.75) is 38.8 Å². The molecule has 0 aliphatic heterocycles. The number of hydrogen-bond acceptors (Lipinski definition) is 4. The van der Waals surface area contributed by atoms with E-state index in [1.54, 1.807) is 0 Å². The van der Waals surface area contributed by atoms with Gasteiger partial charge in [-0.3, -0.25) is 20.4 Å². The van der Waals surface area contributed by atoms with Gasteiger partial charge in [0, 0.05) is 36.3 Å². The molecular formula is C24H32N8O2. The van der Waals surface area contributed by atoms with Gasteiger partial charge in [-0.15, -0.1) is 0 Å². The highest BCUT2D eigenvalue weighted by Gasteiger charge is 2.30. The number of benzene rings is 2. The lowest BCUT2D eigenvalue weighted by atomic mass is 9.81. The maximum atomic E-state index is 12.7. The molecule has 1 fully saturated rings. The Bertz CT molecular complexity index is 929. The fourth-order valence-electron chi connectivity index (χ4n) is 3.91. The van der Waals surface area contributed by atoms with E-state index in [0.29, 0.717) is 38.8 Å². The molecule has 0 unspecified atom stereocenters. The van der Waals surface area contributed by atoms with Crippen molar-refractivity contribution < 1.29 is 9.59 Å². The molecule has 0 spiro atoms. The molecule has 1 aliphatic carbocycles. The van der Waals surface area contributed by atoms with Gasteiger partial charge in [0.1, 0.15) is 0 Å². The zero-order valence-electron chi connectivity index (χ0n) is 19.0. The number of rotatable bonds is 8. The molecule has 10 nitrogen and oxygen atoms in total. The normalized spacial score (nSPS) is 17.3. The summed E-state index contributed by atoms with van der Waals surface area (Å²) in [5, 5.41) is 25.8. The highest BCUT2D eigenvalue weighted by atomic mass is 16.2. The average molecular weight is 465 g/mol. The monoisotopic (exact) mass is 464 g/mol. The average Bonchev–Trinajstić information content (AvgIpc) is 2.83. The second-order valence-electron chi connectivity index (χ2n) is 8.46. The molecule has 2 aromatic carbocycles. The lowest BCUT2D eigenvalue weighted by molar-refractivity contribution is -0.125. The first-order valence-electron chi connectivity index (χ1n) is 11.3. The fourth-order valence-corrected chi connectivity index (χ4v) is 3.91. The zero-order valence-corrected chi connectivity index (χ0v) is 19.0. The van der Waals surface area contributed by atoms with Crippen LogP contribution in [0, 0.1) is 22.7 Å². The summed E-state index contributed by atoms with van der Waals surface area (Å²) in [5.74, 6) is -0.449. The van der Waals surface area contributed by atoms with Crippen molar-refractivity contribution in [1.29, 1.82) is 10.8 Å². The van der Waals surface area contributed by atoms with Gasteiger partial charge in [0.25, 0.3) is 0 Å². The molecule has 0 atom stereocenters. The minimum atomic E-state index is -0.115. The summed E-state index contributed by atoms with van der Waals surface area (Å²) in [6.07, 6.45) is 2.67. The van der Waals surface area contributed by atoms with E-state index < -0.39 is 0 Å². The first-order valence-corrected chi connectivity index (χ1v) is 11.3. The van der Waals surface area contributed by atoms with Crippen LogP contribution in [-0.4, -0.2) is 23.7 Å². The highest BCUT2D eigenvalue weighted by molar-refractivity contribution is 5.94. The summed E-state index contributed by atoms with van der Waals surface area (Å²) in [5.41, 5.74) is 13.9. The Morgan fingerprint density at radius 1 is 0.676 bits per heavy atom. The molecule has 2 aromatic rings. The molecule has 10 N–H and O–H groups in total. The Labute approximate surface area is 198 Å². The third-order valence-electron chi connectivity index (χ3n) is 5.88. The van der Waals surface area contributed by atoms with E-state index in [1.165, 1.54) is 0 Å². The second kappa shape index (κ2) is 11.7. The Morgan fingerprint density at radius 2 is 1.00 bits per heavy atom. The van der Waals surface area contributed by atoms with Crippen LogP contribution in [-0.2, 0) is 22.7 Å². The Morgan fingerprint density at radius 3 is 1.29 bits per heavy atom. The molecule has 10 heteroatoms. The number of carbonyl (C=O) groups is 2. The van der Waals surface area contributed by atoms with E-state index in [2.05, 4.69) is 21.3 Å². The van der Waals surface area contributed by atoms with Gasteiger partial charge in [0.2, 0.25) is 11.8 Å². The van der Waals surface area contributed by atoms with Gasteiger partial charge in [0.15, 0.2) is 11.9 Å². The number of anilines is 2. The van der Waals surface area contributed by atoms with Gasteiger partial charge in [-0.2, -0.15) is 0 Å². The molecule has 0 bridgehead atoms. The van der Waals surface area contributed by atoms with E-state index in [1.807, 2.05) is 48.5 Å². The molecule has 1 aliphatic rings. The first-order chi connectivity index (χ1) is 16.3. The Hall–Kier alpha value is -4.08. The molecule has 0 saturated heterocycles. The van der Waals surface area contributed by atoms with Gasteiger partial charge >= 0.3 is 0 Å². The Balaban J connectivity index is 1.42. The summed E-state index contributed by atoms with van der Waals surface area (Å²) >= 11 is 0. The predicted molar refractivity (Wildman–Crippen MR) is 133 cm³/mol. The van der Waals surface area contributed by atoms with E-state index in [-0.39, 0.29) is 35.6 Å². The van der Waals surface area contributed by atoms with E-state index in [9.17, 15) is 9.59 Å². The van der Waals surface area contributed by atoms with Crippen LogP contribution in [0.1, 0.15) is 36.8 Å². The van der Waals surface area contributed by atoms with Crippen LogP contribution in [0.25, 0.3) is 0 Å². The first kappa shape index (κ1) is 24.6. The number of hydrogen-bond donors (Lipinski definition) is 8. The summed E-state index contributed by atoms with van der Waals surface area (Å²) in [4.78, 5) is 25.3. The van der Waals surface area contributed by atoms with Gasteiger partial charge in [-0.25, -0.2) is 0 Å². The summed E-state index contributed by atoms with van der Waals surface area (Å²) < 4.78 is 0. The van der Waals surface area contributed by atoms with Gasteiger partial charge in [-0.1, -0.05) is 24.3 Å². The van der Waals surface area contributed by atoms with Gasteiger partial charge < -0.3 is 32.7 Å². The molecule has 0 radical (unpaired) electrons. The quantitative estimate of drug-likeness (QED) is 0.218. The standard InChI is InChI=1S/C24H32N8O2/c25-23(26)29-13-15-1-9-19(10-2-15)31-21(33)17-5-7-18(8-6-17)22(34)32-20-11-3-16(4-12-20)14-30-24(27)28/h1-4,9-12,17-18H,5-8,13-14H2,(H,31,33)(H,32,34)(H4,25,26,29)(H4,27,28,30)/t17-,18+. The van der Waals surface area contributed by atoms with E-state index in [4.69, 9.17) is 22.3 Å². The number of carbonyl (C=O) groups excluding carboxylic acids is 2. The number of nitrogens with one attached hydrogen (secondary N) is 6. The zero-order chi connectivity index (χ0) is 24.5. The van der Waals surface area contributed by atoms with Crippen molar-refractivity contribution in [3.05, 3.63) is 59.7 Å². The number of guanidine groups is 2. The van der Waals surface area contributed by atoms with Crippen LogP contribution in [0.2, 0.25) is 0 Å². The van der Waals surface area contributed by atoms with E-state index >= 15 is 0 Å². The lowest BCUT2D eigenvalue weighted by Gasteiger charge is -2.27. The van der Waals surface area contributed by atoms with Crippen LogP contribution < -0.4 is 32.7 Å². The fraction of sp³-hybridized carbons (Fsp3) is 0.333. The largest absolute Gasteiger partial charge is 0.370 e. The summed E-state index contributed by atoms with van der Waals surface area (Å²) in [6.45, 7) is 0.910. The topological polar surface area (TPSA) is 182 Å². The second-order valence-corrected chi connectivity index (χ2v) is 8.46. The van der Waals surface area contributed by atoms with Crippen molar-refractivity contribution in [3.63, 3.8) is 0 Å². The lowest BCUT2D eigenvalue weighted by Crippen LogP contribution is -2.32. The predicted octanol–water partition coefficient (Wildman–Crippen LogP) is 2.04. The van der Waals surface area contributed by atoms with Crippen LogP contribution in [0.5, 0.6) is 0 Å². The smallest absolute Gasteiger partial charge is 0.227 e. The summed E-state index contributed by atoms with van der Waals surface area (Å²) in [7, 11) is 0. The molecule has 1 saturated carbocycles. The van der Waals surface area contributed by atoms with Crippen molar-refractivity contribution >= 4 is 35.1 Å². The van der Waals surface area contributed by atoms with Crippen molar-refractivity contribution in [1.82, 2.24) is 10.6 Å². The molecule has 34 heavy (non-hydrogen) atoms. The van der Waals surface area contributed by atoms with Crippen LogP contribution in [0.3, 0.4) is 0 Å². The number of amides is 2. The van der Waals surface area contributed by atoms with Crippen molar-refractivity contribution in [2.24, 2.45) is 23.3 Å². The highest BCUT2D eigenvalue weighted by Crippen LogP contribution is 2.30. The third kappa shape index (κ3) is 7.51. The van der Waals surface area contributed by atoms with Crippen molar-refractivity contribution in [3.8, 4) is 0 Å². The molecular weight excluding hydrogens is 432 g/mol. The summed E-state index contributed by atoms with van der Waals surface area (Å²) in [6, 6.07) is 14.8. The molecule has 0 heterocycles. The number of nitrogens with two attached hydrogens (primary N) is 2. The SMILES string of the molecule is N=C(N)NCc1ccc(NC(=O)[C@H]2CC[C@@H](C(=O)Nc3ccc(CNC(=N)N)cc3)CC2)cc1. The maximum Gasteiger partial charge on any atom is 0.227 e. The van der Waals surface area contributed by atoms with Crippen molar-refractivity contribution in [2.75, 3.05) is 10.6 Å². The van der Waals surface area contributed by atoms with Crippen LogP contribution in [0.15, 0.2) is 48.5 Å². The van der Waals surface area contributed by atoms with Crippen LogP contribution >= 0.6 is 0 Å². The van der Waals surface area contributed by atoms with E-state index in [0.717, 1.165) is 22.5 Å². The molecule has 3 rings (SSSR count). The minimum absolute atomic E-state index is 0.0248. The van der Waals surface area contributed by atoms with Crippen LogP contribution in [0.4, 0.5) is 11.4 Å². The van der Waals surface area contributed by atoms with Gasteiger partial charge in [0.05, 0.1) is 0 Å². The Kier molecular flexibility index (Phi) is 8.44. The van der Waals surface area contributed by atoms with Gasteiger partial charge in [-0.05, 0) is 61.1 Å². The molecule has 180 valence electrons. The molecule has 2 amide bonds. The third-order valence-corrected chi connectivity index (χ3v) is 5.88. The molecule has 0 aromatic heterocycles. The maximum absolute atomic E-state index is 12.7.